The second-order valence-corrected chi connectivity index (χ2v) is 6.41. The van der Waals surface area contributed by atoms with E-state index in [1.807, 2.05) is 54.6 Å². The standard InChI is InChI=1S/C19H14N4OS/c24-18(21-14-4-2-1-3-5-14)13-6-7-16-17(12-13)25-19(23-16)22-15-8-10-20-11-9-15/h1-12H,(H,21,24)(H,20,22,23). The van der Waals surface area contributed by atoms with E-state index in [1.165, 1.54) is 11.3 Å². The number of carbonyl (C=O) groups excluding carboxylic acids is 1. The van der Waals surface area contributed by atoms with Crippen molar-refractivity contribution in [3.05, 3.63) is 78.6 Å². The predicted octanol–water partition coefficient (Wildman–Crippen LogP) is 4.69. The number of aromatic nitrogens is 2. The summed E-state index contributed by atoms with van der Waals surface area (Å²) in [5, 5.41) is 6.92. The zero-order valence-electron chi connectivity index (χ0n) is 13.1. The molecule has 0 fully saturated rings. The molecule has 1 amide bonds. The Morgan fingerprint density at radius 2 is 1.72 bits per heavy atom. The zero-order chi connectivity index (χ0) is 17.1. The van der Waals surface area contributed by atoms with Crippen molar-refractivity contribution in [1.82, 2.24) is 9.97 Å². The van der Waals surface area contributed by atoms with Gasteiger partial charge >= 0.3 is 0 Å². The monoisotopic (exact) mass is 346 g/mol. The number of rotatable bonds is 4. The highest BCUT2D eigenvalue weighted by molar-refractivity contribution is 7.22. The normalized spacial score (nSPS) is 10.6. The third-order valence-corrected chi connectivity index (χ3v) is 4.55. The molecule has 0 radical (unpaired) electrons. The van der Waals surface area contributed by atoms with Gasteiger partial charge in [-0.05, 0) is 42.5 Å². The summed E-state index contributed by atoms with van der Waals surface area (Å²) in [6, 6.07) is 18.7. The molecule has 25 heavy (non-hydrogen) atoms. The van der Waals surface area contributed by atoms with Crippen molar-refractivity contribution in [3.63, 3.8) is 0 Å². The summed E-state index contributed by atoms with van der Waals surface area (Å²) in [7, 11) is 0. The van der Waals surface area contributed by atoms with Crippen LogP contribution >= 0.6 is 11.3 Å². The molecule has 0 aliphatic heterocycles. The molecule has 4 rings (SSSR count). The summed E-state index contributed by atoms with van der Waals surface area (Å²) in [5.41, 5.74) is 3.17. The van der Waals surface area contributed by atoms with E-state index in [2.05, 4.69) is 20.6 Å². The number of amides is 1. The topological polar surface area (TPSA) is 66.9 Å². The van der Waals surface area contributed by atoms with Crippen molar-refractivity contribution in [2.24, 2.45) is 0 Å². The Hall–Kier alpha value is -3.25. The molecule has 0 saturated carbocycles. The molecule has 0 atom stereocenters. The average molecular weight is 346 g/mol. The van der Waals surface area contributed by atoms with Crippen LogP contribution in [0.2, 0.25) is 0 Å². The minimum atomic E-state index is -0.134. The molecule has 0 saturated heterocycles. The lowest BCUT2D eigenvalue weighted by atomic mass is 10.2. The van der Waals surface area contributed by atoms with Gasteiger partial charge in [0.15, 0.2) is 5.13 Å². The molecule has 5 nitrogen and oxygen atoms in total. The van der Waals surface area contributed by atoms with Gasteiger partial charge in [0.25, 0.3) is 5.91 Å². The van der Waals surface area contributed by atoms with E-state index >= 15 is 0 Å². The molecular formula is C19H14N4OS. The number of nitrogens with zero attached hydrogens (tertiary/aromatic N) is 2. The molecule has 0 spiro atoms. The van der Waals surface area contributed by atoms with Crippen LogP contribution in [0.4, 0.5) is 16.5 Å². The van der Waals surface area contributed by atoms with Gasteiger partial charge in [0.2, 0.25) is 0 Å². The molecule has 4 aromatic rings. The summed E-state index contributed by atoms with van der Waals surface area (Å²) in [6.45, 7) is 0. The van der Waals surface area contributed by atoms with Gasteiger partial charge < -0.3 is 10.6 Å². The maximum Gasteiger partial charge on any atom is 0.255 e. The first-order chi connectivity index (χ1) is 12.3. The van der Waals surface area contributed by atoms with Gasteiger partial charge in [-0.3, -0.25) is 9.78 Å². The minimum absolute atomic E-state index is 0.134. The second kappa shape index (κ2) is 6.70. The van der Waals surface area contributed by atoms with Gasteiger partial charge in [-0.25, -0.2) is 4.98 Å². The lowest BCUT2D eigenvalue weighted by molar-refractivity contribution is 0.102. The van der Waals surface area contributed by atoms with Gasteiger partial charge in [-0.15, -0.1) is 0 Å². The van der Waals surface area contributed by atoms with Crippen LogP contribution in [0.1, 0.15) is 10.4 Å². The minimum Gasteiger partial charge on any atom is -0.331 e. The molecule has 2 heterocycles. The lowest BCUT2D eigenvalue weighted by Gasteiger charge is -2.04. The van der Waals surface area contributed by atoms with E-state index in [1.54, 1.807) is 18.5 Å². The van der Waals surface area contributed by atoms with Crippen LogP contribution in [0, 0.1) is 0 Å². The molecule has 0 unspecified atom stereocenters. The van der Waals surface area contributed by atoms with Crippen molar-refractivity contribution < 1.29 is 4.79 Å². The first kappa shape index (κ1) is 15.3. The fraction of sp³-hybridized carbons (Fsp3) is 0. The highest BCUT2D eigenvalue weighted by Crippen LogP contribution is 2.29. The fourth-order valence-corrected chi connectivity index (χ4v) is 3.33. The molecule has 0 aliphatic carbocycles. The summed E-state index contributed by atoms with van der Waals surface area (Å²) < 4.78 is 0.956. The van der Waals surface area contributed by atoms with Crippen molar-refractivity contribution in [3.8, 4) is 0 Å². The number of fused-ring (bicyclic) bond motifs is 1. The van der Waals surface area contributed by atoms with Crippen molar-refractivity contribution in [1.29, 1.82) is 0 Å². The fourth-order valence-electron chi connectivity index (χ4n) is 2.40. The molecular weight excluding hydrogens is 332 g/mol. The van der Waals surface area contributed by atoms with Crippen LogP contribution in [-0.4, -0.2) is 15.9 Å². The number of hydrogen-bond donors (Lipinski definition) is 2. The summed E-state index contributed by atoms with van der Waals surface area (Å²) >= 11 is 1.51. The molecule has 122 valence electrons. The second-order valence-electron chi connectivity index (χ2n) is 5.38. The van der Waals surface area contributed by atoms with Gasteiger partial charge in [0.05, 0.1) is 10.2 Å². The molecule has 2 N–H and O–H groups in total. The number of anilines is 3. The summed E-state index contributed by atoms with van der Waals surface area (Å²) in [6.07, 6.45) is 3.45. The average Bonchev–Trinajstić information content (AvgIpc) is 3.04. The van der Waals surface area contributed by atoms with E-state index < -0.39 is 0 Å². The van der Waals surface area contributed by atoms with Crippen LogP contribution in [0.25, 0.3) is 10.2 Å². The third kappa shape index (κ3) is 3.49. The largest absolute Gasteiger partial charge is 0.331 e. The van der Waals surface area contributed by atoms with Gasteiger partial charge in [0.1, 0.15) is 0 Å². The number of benzene rings is 2. The molecule has 0 bridgehead atoms. The number of hydrogen-bond acceptors (Lipinski definition) is 5. The van der Waals surface area contributed by atoms with E-state index in [9.17, 15) is 4.79 Å². The third-order valence-electron chi connectivity index (χ3n) is 3.61. The van der Waals surface area contributed by atoms with Crippen LogP contribution in [0.3, 0.4) is 0 Å². The van der Waals surface area contributed by atoms with Gasteiger partial charge in [-0.2, -0.15) is 0 Å². The Labute approximate surface area is 148 Å². The number of carbonyl (C=O) groups is 1. The highest BCUT2D eigenvalue weighted by Gasteiger charge is 2.10. The maximum absolute atomic E-state index is 12.4. The number of thiazole rings is 1. The Bertz CT molecular complexity index is 1020. The summed E-state index contributed by atoms with van der Waals surface area (Å²) in [4.78, 5) is 20.9. The van der Waals surface area contributed by atoms with E-state index in [4.69, 9.17) is 0 Å². The van der Waals surface area contributed by atoms with E-state index in [-0.39, 0.29) is 5.91 Å². The van der Waals surface area contributed by atoms with Crippen LogP contribution in [0.5, 0.6) is 0 Å². The zero-order valence-corrected chi connectivity index (χ0v) is 14.0. The first-order valence-corrected chi connectivity index (χ1v) is 8.54. The highest BCUT2D eigenvalue weighted by atomic mass is 32.1. The van der Waals surface area contributed by atoms with E-state index in [0.29, 0.717) is 5.56 Å². The quantitative estimate of drug-likeness (QED) is 0.563. The Morgan fingerprint density at radius 1 is 0.920 bits per heavy atom. The van der Waals surface area contributed by atoms with Crippen LogP contribution < -0.4 is 10.6 Å². The number of nitrogens with one attached hydrogen (secondary N) is 2. The Kier molecular flexibility index (Phi) is 4.10. The Morgan fingerprint density at radius 3 is 2.52 bits per heavy atom. The number of para-hydroxylation sites is 1. The van der Waals surface area contributed by atoms with Crippen molar-refractivity contribution >= 4 is 44.0 Å². The van der Waals surface area contributed by atoms with Crippen molar-refractivity contribution in [2.75, 3.05) is 10.6 Å². The molecule has 2 aromatic heterocycles. The summed E-state index contributed by atoms with van der Waals surface area (Å²) in [5.74, 6) is -0.134. The lowest BCUT2D eigenvalue weighted by Crippen LogP contribution is -2.11. The van der Waals surface area contributed by atoms with Crippen LogP contribution in [-0.2, 0) is 0 Å². The van der Waals surface area contributed by atoms with Gasteiger partial charge in [-0.1, -0.05) is 29.5 Å². The maximum atomic E-state index is 12.4. The SMILES string of the molecule is O=C(Nc1ccccc1)c1ccc2nc(Nc3ccncc3)sc2c1. The number of pyridine rings is 1. The molecule has 0 aliphatic rings. The Balaban J connectivity index is 1.56. The van der Waals surface area contributed by atoms with E-state index in [0.717, 1.165) is 26.7 Å². The molecule has 6 heteroatoms. The first-order valence-electron chi connectivity index (χ1n) is 7.72. The smallest absolute Gasteiger partial charge is 0.255 e. The predicted molar refractivity (Wildman–Crippen MR) is 102 cm³/mol. The van der Waals surface area contributed by atoms with Crippen LogP contribution in [0.15, 0.2) is 73.1 Å². The van der Waals surface area contributed by atoms with Gasteiger partial charge in [0, 0.05) is 29.3 Å². The molecule has 2 aromatic carbocycles. The van der Waals surface area contributed by atoms with Crippen molar-refractivity contribution in [2.45, 2.75) is 0 Å².